The first-order valence-corrected chi connectivity index (χ1v) is 18.6. The topological polar surface area (TPSA) is 0 Å². The molecular formula is C41H43Cl2Zr. The van der Waals surface area contributed by atoms with Gasteiger partial charge < -0.3 is 24.8 Å². The monoisotopic (exact) mass is 695 g/mol. The molecule has 0 bridgehead atoms. The van der Waals surface area contributed by atoms with Gasteiger partial charge in [0, 0.05) is 0 Å². The summed E-state index contributed by atoms with van der Waals surface area (Å²) in [6.07, 6.45) is 17.9. The van der Waals surface area contributed by atoms with E-state index in [1.165, 1.54) is 46.4 Å². The SMILES string of the molecule is CCCC1=CC(CC)(CCC)C(C2=CC=CC2)=C2[C]([Zr+2]=[C](c3ccccc3)c3ccccc3)=c3cc(CC)ccc3=C12.[Cl-].[Cl-]. The van der Waals surface area contributed by atoms with Gasteiger partial charge in [-0.1, -0.05) is 0 Å². The molecule has 3 heteroatoms. The van der Waals surface area contributed by atoms with Gasteiger partial charge in [0.2, 0.25) is 0 Å². The van der Waals surface area contributed by atoms with Crippen LogP contribution in [0.2, 0.25) is 0 Å². The minimum absolute atomic E-state index is 0. The number of halogens is 2. The van der Waals surface area contributed by atoms with E-state index in [0.29, 0.717) is 0 Å². The van der Waals surface area contributed by atoms with Crippen molar-refractivity contribution in [3.05, 3.63) is 153 Å². The number of aryl methyl sites for hydroxylation is 1. The van der Waals surface area contributed by atoms with Crippen molar-refractivity contribution >= 4 is 12.1 Å². The maximum absolute atomic E-state index is 2.75. The van der Waals surface area contributed by atoms with Crippen LogP contribution in [0.4, 0.5) is 0 Å². The number of rotatable bonds is 10. The Bertz CT molecular complexity index is 1730. The van der Waals surface area contributed by atoms with Gasteiger partial charge in [0.25, 0.3) is 0 Å². The van der Waals surface area contributed by atoms with Crippen LogP contribution in [-0.2, 0) is 29.2 Å². The summed E-state index contributed by atoms with van der Waals surface area (Å²) in [6, 6.07) is 29.9. The molecule has 0 heterocycles. The van der Waals surface area contributed by atoms with Crippen LogP contribution in [0.1, 0.15) is 82.9 Å². The van der Waals surface area contributed by atoms with E-state index < -0.39 is 22.8 Å². The maximum atomic E-state index is 2.75. The summed E-state index contributed by atoms with van der Waals surface area (Å²) in [4.78, 5) is 0. The minimum Gasteiger partial charge on any atom is -1.00 e. The van der Waals surface area contributed by atoms with E-state index in [4.69, 9.17) is 0 Å². The van der Waals surface area contributed by atoms with E-state index in [9.17, 15) is 0 Å². The maximum Gasteiger partial charge on any atom is -1.00 e. The smallest absolute Gasteiger partial charge is 1.00 e. The molecule has 3 aromatic rings. The summed E-state index contributed by atoms with van der Waals surface area (Å²) in [5, 5.41) is 3.02. The van der Waals surface area contributed by atoms with E-state index in [-0.39, 0.29) is 30.2 Å². The molecule has 225 valence electrons. The Labute approximate surface area is 288 Å². The van der Waals surface area contributed by atoms with Gasteiger partial charge in [0.1, 0.15) is 0 Å². The third kappa shape index (κ3) is 6.36. The van der Waals surface area contributed by atoms with Crippen molar-refractivity contribution in [3.8, 4) is 0 Å². The Morgan fingerprint density at radius 3 is 2.00 bits per heavy atom. The molecule has 3 aliphatic rings. The van der Waals surface area contributed by atoms with Crippen molar-refractivity contribution < 1.29 is 47.6 Å². The van der Waals surface area contributed by atoms with E-state index in [2.05, 4.69) is 131 Å². The second-order valence-electron chi connectivity index (χ2n) is 12.0. The molecule has 0 aromatic heterocycles. The molecule has 3 aliphatic carbocycles. The zero-order valence-corrected chi connectivity index (χ0v) is 30.5. The van der Waals surface area contributed by atoms with Crippen LogP contribution in [0, 0.1) is 5.41 Å². The molecular weight excluding hydrogens is 655 g/mol. The molecule has 0 aliphatic heterocycles. The van der Waals surface area contributed by atoms with Gasteiger partial charge in [-0.15, -0.1) is 0 Å². The fourth-order valence-corrected chi connectivity index (χ4v) is 11.3. The summed E-state index contributed by atoms with van der Waals surface area (Å²) in [5.41, 5.74) is 12.3. The summed E-state index contributed by atoms with van der Waals surface area (Å²) in [7, 11) is 0. The van der Waals surface area contributed by atoms with Crippen LogP contribution in [0.5, 0.6) is 0 Å². The van der Waals surface area contributed by atoms with E-state index in [1.54, 1.807) is 34.4 Å². The van der Waals surface area contributed by atoms with Crippen LogP contribution in [0.25, 0.3) is 8.85 Å². The van der Waals surface area contributed by atoms with E-state index >= 15 is 0 Å². The third-order valence-corrected chi connectivity index (χ3v) is 13.3. The summed E-state index contributed by atoms with van der Waals surface area (Å²) < 4.78 is 3.28. The molecule has 0 nitrogen and oxygen atoms in total. The third-order valence-electron chi connectivity index (χ3n) is 9.36. The van der Waals surface area contributed by atoms with Gasteiger partial charge in [0.05, 0.1) is 0 Å². The predicted octanol–water partition coefficient (Wildman–Crippen LogP) is 3.00. The summed E-state index contributed by atoms with van der Waals surface area (Å²) in [5.74, 6) is 0. The average Bonchev–Trinajstić information content (AvgIpc) is 3.67. The first kappa shape index (κ1) is 34.6. The molecule has 44 heavy (non-hydrogen) atoms. The molecule has 0 N–H and O–H groups in total. The zero-order chi connectivity index (χ0) is 29.1. The first-order chi connectivity index (χ1) is 20.6. The number of fused-ring (bicyclic) bond motifs is 2. The molecule has 0 amide bonds. The molecule has 0 radical (unpaired) electrons. The zero-order valence-electron chi connectivity index (χ0n) is 26.5. The van der Waals surface area contributed by atoms with Crippen LogP contribution in [0.15, 0.2) is 125 Å². The van der Waals surface area contributed by atoms with Gasteiger partial charge >= 0.3 is 265 Å². The van der Waals surface area contributed by atoms with Gasteiger partial charge in [-0.2, -0.15) is 0 Å². The van der Waals surface area contributed by atoms with Crippen molar-refractivity contribution in [1.82, 2.24) is 0 Å². The van der Waals surface area contributed by atoms with Crippen LogP contribution < -0.4 is 35.3 Å². The average molecular weight is 698 g/mol. The molecule has 0 saturated heterocycles. The van der Waals surface area contributed by atoms with Crippen LogP contribution in [0.3, 0.4) is 0 Å². The second-order valence-corrected chi connectivity index (χ2v) is 15.0. The standard InChI is InChI=1S/C28H33.C13H10.2ClH.Zr/c1-5-11-22-19-28(8-4,16-6-2)27(21-12-9-10-13-21)25-18-23-17-20(7-3)14-15-24(23)26(22)25;1-3-7-12(8-4-1)11-13-9-5-2-6-10-13;;;/h9-10,12,14-15,17,19H,5-8,11,13,16H2,1-4H3;1-10H;2*1H;/q;;;;+2/p-2. The van der Waals surface area contributed by atoms with Crippen LogP contribution >= 0.6 is 0 Å². The largest absolute Gasteiger partial charge is 1.00 e. The molecule has 0 spiro atoms. The van der Waals surface area contributed by atoms with Gasteiger partial charge in [0.15, 0.2) is 0 Å². The Morgan fingerprint density at radius 2 is 1.45 bits per heavy atom. The normalized spacial score (nSPS) is 18.1. The number of hydrogen-bond acceptors (Lipinski definition) is 0. The number of hydrogen-bond donors (Lipinski definition) is 0. The minimum atomic E-state index is -1.28. The quantitative estimate of drug-likeness (QED) is 0.306. The number of allylic oxidation sites excluding steroid dienone is 8. The Hall–Kier alpha value is -2.31. The predicted molar refractivity (Wildman–Crippen MR) is 177 cm³/mol. The van der Waals surface area contributed by atoms with E-state index in [1.807, 2.05) is 0 Å². The molecule has 1 unspecified atom stereocenters. The fraction of sp³-hybridized carbons (Fsp3) is 0.293. The second kappa shape index (κ2) is 15.3. The Balaban J connectivity index is 0.00000221. The van der Waals surface area contributed by atoms with Crippen molar-refractivity contribution in [1.29, 1.82) is 0 Å². The van der Waals surface area contributed by atoms with Gasteiger partial charge in [-0.25, -0.2) is 0 Å². The van der Waals surface area contributed by atoms with Crippen molar-refractivity contribution in [3.63, 3.8) is 0 Å². The Kier molecular flexibility index (Phi) is 12.0. The Morgan fingerprint density at radius 1 is 0.773 bits per heavy atom. The molecule has 6 rings (SSSR count). The molecule has 1 atom stereocenters. The summed E-state index contributed by atoms with van der Waals surface area (Å²) in [6.45, 7) is 9.47. The first-order valence-electron chi connectivity index (χ1n) is 16.1. The summed E-state index contributed by atoms with van der Waals surface area (Å²) >= 11 is -1.28. The molecule has 3 aromatic carbocycles. The molecule has 0 saturated carbocycles. The number of benzene rings is 3. The van der Waals surface area contributed by atoms with Crippen molar-refractivity contribution in [2.45, 2.75) is 72.6 Å². The van der Waals surface area contributed by atoms with Crippen molar-refractivity contribution in [2.75, 3.05) is 0 Å². The molecule has 0 fully saturated rings. The van der Waals surface area contributed by atoms with Crippen molar-refractivity contribution in [2.24, 2.45) is 5.41 Å². The van der Waals surface area contributed by atoms with Gasteiger partial charge in [-0.3, -0.25) is 0 Å². The van der Waals surface area contributed by atoms with E-state index in [0.717, 1.165) is 25.7 Å². The van der Waals surface area contributed by atoms with Gasteiger partial charge in [-0.05, 0) is 0 Å². The van der Waals surface area contributed by atoms with Crippen LogP contribution in [-0.4, -0.2) is 3.21 Å². The fourth-order valence-electron chi connectivity index (χ4n) is 7.39.